The minimum atomic E-state index is -1.51. The van der Waals surface area contributed by atoms with E-state index in [1.807, 2.05) is 18.2 Å². The van der Waals surface area contributed by atoms with Crippen LogP contribution in [0.5, 0.6) is 0 Å². The molecular formula is C23H36O4. The molecule has 5 atom stereocenters. The Kier molecular flexibility index (Phi) is 6.91. The lowest BCUT2D eigenvalue weighted by atomic mass is 9.82. The number of carbonyl (C=O) groups is 2. The molecule has 0 bridgehead atoms. The van der Waals surface area contributed by atoms with E-state index in [1.54, 1.807) is 6.08 Å². The van der Waals surface area contributed by atoms with Crippen molar-refractivity contribution < 1.29 is 21.2 Å². The summed E-state index contributed by atoms with van der Waals surface area (Å²) in [7, 11) is 0. The standard InChI is InChI=1S/C23H36O4/c1-4-5-14-22(2,3)15-8-9-17-12-13-20(24)19(17)11-7-6-10-18-16-23(18,27)21(25)26/h8-9,12-13,17-19,27H,4-7,10-11,14-16H2,1-3H3,(H,25,26)/t17-,18-,19+,23+/m0/s1/i15D/t15?,17-,18-,19+,23+. The summed E-state index contributed by atoms with van der Waals surface area (Å²) >= 11 is 0. The highest BCUT2D eigenvalue weighted by Gasteiger charge is 2.58. The van der Waals surface area contributed by atoms with Crippen molar-refractivity contribution in [1.82, 2.24) is 0 Å². The Morgan fingerprint density at radius 2 is 2.07 bits per heavy atom. The lowest BCUT2D eigenvalue weighted by Gasteiger charge is -2.23. The summed E-state index contributed by atoms with van der Waals surface area (Å²) in [5.41, 5.74) is -1.58. The number of carbonyl (C=O) groups excluding carboxylic acids is 1. The topological polar surface area (TPSA) is 74.6 Å². The molecule has 152 valence electrons. The molecular weight excluding hydrogens is 340 g/mol. The van der Waals surface area contributed by atoms with Gasteiger partial charge in [-0.3, -0.25) is 4.79 Å². The normalized spacial score (nSPS) is 32.1. The van der Waals surface area contributed by atoms with Crippen LogP contribution in [0.4, 0.5) is 0 Å². The summed E-state index contributed by atoms with van der Waals surface area (Å²) in [5, 5.41) is 18.8. The minimum absolute atomic E-state index is 0.0548. The number of carboxylic acids is 1. The number of hydrogen-bond acceptors (Lipinski definition) is 3. The lowest BCUT2D eigenvalue weighted by Crippen LogP contribution is -2.24. The Morgan fingerprint density at radius 3 is 2.70 bits per heavy atom. The van der Waals surface area contributed by atoms with E-state index < -0.39 is 11.6 Å². The maximum absolute atomic E-state index is 12.2. The summed E-state index contributed by atoms with van der Waals surface area (Å²) in [6, 6.07) is 0. The molecule has 0 aliphatic heterocycles. The molecule has 1 fully saturated rings. The highest BCUT2D eigenvalue weighted by Crippen LogP contribution is 2.47. The second kappa shape index (κ2) is 9.18. The van der Waals surface area contributed by atoms with Crippen LogP contribution in [0, 0.1) is 23.2 Å². The molecule has 0 spiro atoms. The predicted octanol–water partition coefficient (Wildman–Crippen LogP) is 4.92. The zero-order chi connectivity index (χ0) is 20.9. The molecule has 0 amide bonds. The fourth-order valence-corrected chi connectivity index (χ4v) is 4.02. The van der Waals surface area contributed by atoms with Gasteiger partial charge in [-0.1, -0.05) is 64.7 Å². The number of carboxylic acid groups (broad SMARTS) is 1. The van der Waals surface area contributed by atoms with Crippen molar-refractivity contribution in [1.29, 1.82) is 0 Å². The molecule has 0 aromatic heterocycles. The van der Waals surface area contributed by atoms with Crippen LogP contribution in [-0.4, -0.2) is 27.6 Å². The van der Waals surface area contributed by atoms with Gasteiger partial charge in [0.15, 0.2) is 11.4 Å². The highest BCUT2D eigenvalue weighted by atomic mass is 16.4. The molecule has 0 radical (unpaired) electrons. The number of ketones is 1. The Hall–Kier alpha value is -1.42. The molecule has 2 N–H and O–H groups in total. The molecule has 2 aliphatic rings. The van der Waals surface area contributed by atoms with Gasteiger partial charge in [-0.25, -0.2) is 4.79 Å². The van der Waals surface area contributed by atoms with Crippen molar-refractivity contribution in [2.24, 2.45) is 23.2 Å². The molecule has 4 nitrogen and oxygen atoms in total. The predicted molar refractivity (Wildman–Crippen MR) is 107 cm³/mol. The SMILES string of the molecule is [2H]C(C=C[C@H]1C=CC(=O)[C@@H]1CCCC[C@H]1C[C@]1(O)C(=O)O)C(C)(C)CCCC. The molecule has 0 heterocycles. The van der Waals surface area contributed by atoms with E-state index in [0.717, 1.165) is 38.5 Å². The molecule has 2 aliphatic carbocycles. The number of unbranched alkanes of at least 4 members (excludes halogenated alkanes) is 2. The molecule has 0 aromatic carbocycles. The Labute approximate surface area is 165 Å². The van der Waals surface area contributed by atoms with Gasteiger partial charge < -0.3 is 10.2 Å². The Balaban J connectivity index is 1.79. The van der Waals surface area contributed by atoms with Gasteiger partial charge in [0.25, 0.3) is 0 Å². The second-order valence-corrected chi connectivity index (χ2v) is 9.00. The van der Waals surface area contributed by atoms with Crippen LogP contribution in [0.1, 0.15) is 79.9 Å². The summed E-state index contributed by atoms with van der Waals surface area (Å²) in [5.74, 6) is -1.13. The van der Waals surface area contributed by atoms with Gasteiger partial charge in [0.05, 0.1) is 0 Å². The molecule has 27 heavy (non-hydrogen) atoms. The van der Waals surface area contributed by atoms with Crippen LogP contribution in [0.25, 0.3) is 0 Å². The monoisotopic (exact) mass is 377 g/mol. The maximum Gasteiger partial charge on any atom is 0.335 e. The number of hydrogen-bond donors (Lipinski definition) is 2. The van der Waals surface area contributed by atoms with E-state index in [4.69, 9.17) is 6.48 Å². The zero-order valence-electron chi connectivity index (χ0n) is 18.0. The fourth-order valence-electron chi connectivity index (χ4n) is 4.02. The first-order chi connectivity index (χ1) is 13.1. The largest absolute Gasteiger partial charge is 0.479 e. The van der Waals surface area contributed by atoms with Gasteiger partial charge in [0.2, 0.25) is 0 Å². The van der Waals surface area contributed by atoms with Gasteiger partial charge in [0.1, 0.15) is 0 Å². The van der Waals surface area contributed by atoms with Gasteiger partial charge in [-0.05, 0) is 43.6 Å². The van der Waals surface area contributed by atoms with E-state index in [9.17, 15) is 14.7 Å². The first-order valence-corrected chi connectivity index (χ1v) is 10.4. The lowest BCUT2D eigenvalue weighted by molar-refractivity contribution is -0.150. The van der Waals surface area contributed by atoms with Crippen LogP contribution in [0.2, 0.25) is 0 Å². The molecule has 4 heteroatoms. The van der Waals surface area contributed by atoms with E-state index in [1.165, 1.54) is 0 Å². The van der Waals surface area contributed by atoms with Crippen molar-refractivity contribution in [3.63, 3.8) is 0 Å². The van der Waals surface area contributed by atoms with Crippen LogP contribution in [0.15, 0.2) is 24.3 Å². The van der Waals surface area contributed by atoms with Gasteiger partial charge in [-0.2, -0.15) is 0 Å². The average Bonchev–Trinajstić information content (AvgIpc) is 3.19. The third kappa shape index (κ3) is 6.03. The summed E-state index contributed by atoms with van der Waals surface area (Å²) < 4.78 is 8.46. The first-order valence-electron chi connectivity index (χ1n) is 11.0. The second-order valence-electron chi connectivity index (χ2n) is 9.00. The van der Waals surface area contributed by atoms with E-state index in [-0.39, 0.29) is 35.3 Å². The van der Waals surface area contributed by atoms with Crippen LogP contribution < -0.4 is 0 Å². The van der Waals surface area contributed by atoms with Crippen LogP contribution >= 0.6 is 0 Å². The Bertz CT molecular complexity index is 624. The fraction of sp³-hybridized carbons (Fsp3) is 0.739. The molecule has 1 saturated carbocycles. The van der Waals surface area contributed by atoms with Crippen molar-refractivity contribution >= 4 is 11.8 Å². The van der Waals surface area contributed by atoms with E-state index in [2.05, 4.69) is 20.8 Å². The van der Waals surface area contributed by atoms with E-state index >= 15 is 0 Å². The third-order valence-corrected chi connectivity index (χ3v) is 6.13. The van der Waals surface area contributed by atoms with Crippen molar-refractivity contribution in [3.8, 4) is 0 Å². The number of allylic oxidation sites excluding steroid dienone is 4. The molecule has 1 unspecified atom stereocenters. The average molecular weight is 378 g/mol. The van der Waals surface area contributed by atoms with Crippen molar-refractivity contribution in [3.05, 3.63) is 24.3 Å². The number of rotatable bonds is 12. The van der Waals surface area contributed by atoms with Crippen LogP contribution in [0.3, 0.4) is 0 Å². The van der Waals surface area contributed by atoms with E-state index in [0.29, 0.717) is 12.8 Å². The minimum Gasteiger partial charge on any atom is -0.479 e. The zero-order valence-corrected chi connectivity index (χ0v) is 17.0. The molecule has 2 rings (SSSR count). The molecule has 0 aromatic rings. The number of aliphatic carboxylic acids is 1. The number of aliphatic hydroxyl groups is 1. The smallest absolute Gasteiger partial charge is 0.335 e. The van der Waals surface area contributed by atoms with Crippen molar-refractivity contribution in [2.75, 3.05) is 0 Å². The van der Waals surface area contributed by atoms with Crippen LogP contribution in [-0.2, 0) is 9.59 Å². The summed E-state index contributed by atoms with van der Waals surface area (Å²) in [6.07, 6.45) is 14.0. The quantitative estimate of drug-likeness (QED) is 0.374. The first kappa shape index (κ1) is 20.3. The van der Waals surface area contributed by atoms with Gasteiger partial charge in [0, 0.05) is 19.1 Å². The van der Waals surface area contributed by atoms with Crippen molar-refractivity contribution in [2.45, 2.75) is 84.1 Å². The van der Waals surface area contributed by atoms with Gasteiger partial charge >= 0.3 is 5.97 Å². The highest BCUT2D eigenvalue weighted by molar-refractivity contribution is 5.94. The summed E-state index contributed by atoms with van der Waals surface area (Å²) in [4.78, 5) is 23.2. The Morgan fingerprint density at radius 1 is 1.37 bits per heavy atom. The summed E-state index contributed by atoms with van der Waals surface area (Å²) in [6.45, 7) is 6.43. The third-order valence-electron chi connectivity index (χ3n) is 6.13. The molecule has 0 saturated heterocycles. The maximum atomic E-state index is 12.2. The van der Waals surface area contributed by atoms with Gasteiger partial charge in [-0.15, -0.1) is 0 Å².